The van der Waals surface area contributed by atoms with Gasteiger partial charge in [0.25, 0.3) is 0 Å². The maximum absolute atomic E-state index is 5.92. The van der Waals surface area contributed by atoms with Gasteiger partial charge >= 0.3 is 0 Å². The summed E-state index contributed by atoms with van der Waals surface area (Å²) >= 11 is 1.71. The zero-order valence-corrected chi connectivity index (χ0v) is 17.7. The molecule has 9 nitrogen and oxygen atoms in total. The lowest BCUT2D eigenvalue weighted by molar-refractivity contribution is 0.983. The fourth-order valence-electron chi connectivity index (χ4n) is 3.38. The van der Waals surface area contributed by atoms with Crippen molar-refractivity contribution in [2.75, 3.05) is 17.3 Å². The Labute approximate surface area is 182 Å². The number of H-pyrrole nitrogens is 1. The molecule has 0 aliphatic rings. The first kappa shape index (κ1) is 19.1. The lowest BCUT2D eigenvalue weighted by Gasteiger charge is -2.08. The standard InChI is InChI=1S/C21H19N9S/c1-12-24-19(28-21(22)25-12)18-20(26-16-8-9-23-29-16)27-17-7-6-14(11-30(17)18)13-4-3-5-15(10-13)31-2/h3-11H,1-2H3,(H2,23,26,29)(H2,22,24,25,28). The van der Waals surface area contributed by atoms with Crippen molar-refractivity contribution in [1.29, 1.82) is 0 Å². The minimum Gasteiger partial charge on any atom is -0.368 e. The first-order valence-electron chi connectivity index (χ1n) is 9.52. The maximum Gasteiger partial charge on any atom is 0.223 e. The Kier molecular flexibility index (Phi) is 4.75. The number of benzene rings is 1. The summed E-state index contributed by atoms with van der Waals surface area (Å²) in [4.78, 5) is 18.9. The van der Waals surface area contributed by atoms with Crippen molar-refractivity contribution < 1.29 is 0 Å². The molecule has 0 aliphatic carbocycles. The Morgan fingerprint density at radius 1 is 1.03 bits per heavy atom. The molecule has 4 aromatic heterocycles. The predicted octanol–water partition coefficient (Wildman–Crippen LogP) is 3.93. The lowest BCUT2D eigenvalue weighted by Crippen LogP contribution is -2.05. The van der Waals surface area contributed by atoms with Crippen molar-refractivity contribution >= 4 is 35.0 Å². The van der Waals surface area contributed by atoms with E-state index in [2.05, 4.69) is 67.1 Å². The van der Waals surface area contributed by atoms with Gasteiger partial charge in [-0.15, -0.1) is 11.8 Å². The van der Waals surface area contributed by atoms with Crippen molar-refractivity contribution in [2.45, 2.75) is 11.8 Å². The third kappa shape index (κ3) is 3.68. The molecule has 0 aliphatic heterocycles. The Bertz CT molecular complexity index is 1360. The summed E-state index contributed by atoms with van der Waals surface area (Å²) in [6, 6.07) is 14.2. The number of aromatic amines is 1. The molecule has 1 aromatic carbocycles. The van der Waals surface area contributed by atoms with E-state index in [-0.39, 0.29) is 5.95 Å². The summed E-state index contributed by atoms with van der Waals surface area (Å²) in [5, 5.41) is 10.2. The summed E-state index contributed by atoms with van der Waals surface area (Å²) in [5.74, 6) is 2.34. The average molecular weight is 430 g/mol. The van der Waals surface area contributed by atoms with Crippen LogP contribution in [0.15, 0.2) is 59.8 Å². The largest absolute Gasteiger partial charge is 0.368 e. The Hall–Kier alpha value is -3.92. The van der Waals surface area contributed by atoms with Crippen LogP contribution < -0.4 is 11.1 Å². The van der Waals surface area contributed by atoms with Gasteiger partial charge in [0.1, 0.15) is 17.2 Å². The van der Waals surface area contributed by atoms with Gasteiger partial charge in [0.05, 0.1) is 0 Å². The van der Waals surface area contributed by atoms with Crippen LogP contribution in [0.3, 0.4) is 0 Å². The lowest BCUT2D eigenvalue weighted by atomic mass is 10.1. The van der Waals surface area contributed by atoms with Gasteiger partial charge in [0.2, 0.25) is 5.95 Å². The normalized spacial score (nSPS) is 11.2. The van der Waals surface area contributed by atoms with Crippen molar-refractivity contribution in [3.05, 3.63) is 60.7 Å². The number of aryl methyl sites for hydroxylation is 1. The van der Waals surface area contributed by atoms with Crippen LogP contribution in [0.4, 0.5) is 17.6 Å². The smallest absolute Gasteiger partial charge is 0.223 e. The summed E-state index contributed by atoms with van der Waals surface area (Å²) < 4.78 is 1.96. The Morgan fingerprint density at radius 3 is 2.71 bits per heavy atom. The van der Waals surface area contributed by atoms with Crippen LogP contribution in [0.25, 0.3) is 28.3 Å². The van der Waals surface area contributed by atoms with Crippen LogP contribution >= 0.6 is 11.8 Å². The molecule has 0 atom stereocenters. The molecule has 4 heterocycles. The zero-order valence-electron chi connectivity index (χ0n) is 16.9. The van der Waals surface area contributed by atoms with Gasteiger partial charge in [-0.2, -0.15) is 15.1 Å². The number of pyridine rings is 1. The molecule has 5 aromatic rings. The highest BCUT2D eigenvalue weighted by Crippen LogP contribution is 2.32. The molecule has 0 bridgehead atoms. The van der Waals surface area contributed by atoms with Crippen LogP contribution in [-0.4, -0.2) is 40.8 Å². The number of hydrogen-bond acceptors (Lipinski definition) is 8. The molecular weight excluding hydrogens is 410 g/mol. The van der Waals surface area contributed by atoms with Crippen molar-refractivity contribution in [2.24, 2.45) is 0 Å². The molecule has 0 amide bonds. The molecule has 0 spiro atoms. The molecule has 0 saturated heterocycles. The number of aromatic nitrogens is 7. The highest BCUT2D eigenvalue weighted by molar-refractivity contribution is 7.98. The van der Waals surface area contributed by atoms with Gasteiger partial charge in [0.15, 0.2) is 17.5 Å². The third-order valence-electron chi connectivity index (χ3n) is 4.75. The second kappa shape index (κ2) is 7.73. The van der Waals surface area contributed by atoms with Crippen LogP contribution in [0.2, 0.25) is 0 Å². The fraction of sp³-hybridized carbons (Fsp3) is 0.0952. The quantitative estimate of drug-likeness (QED) is 0.359. The zero-order chi connectivity index (χ0) is 21.4. The summed E-state index contributed by atoms with van der Waals surface area (Å²) in [6.45, 7) is 1.78. The maximum atomic E-state index is 5.92. The fourth-order valence-corrected chi connectivity index (χ4v) is 3.84. The minimum absolute atomic E-state index is 0.159. The molecule has 154 valence electrons. The second-order valence-corrected chi connectivity index (χ2v) is 7.72. The molecule has 0 unspecified atom stereocenters. The number of nitrogens with zero attached hydrogens (tertiary/aromatic N) is 6. The van der Waals surface area contributed by atoms with Crippen LogP contribution in [0, 0.1) is 6.92 Å². The minimum atomic E-state index is 0.159. The van der Waals surface area contributed by atoms with Gasteiger partial charge < -0.3 is 11.1 Å². The van der Waals surface area contributed by atoms with E-state index in [0.717, 1.165) is 16.8 Å². The van der Waals surface area contributed by atoms with Gasteiger partial charge in [-0.05, 0) is 48.6 Å². The van der Waals surface area contributed by atoms with Crippen molar-refractivity contribution in [3.8, 4) is 22.6 Å². The number of nitrogen functional groups attached to an aromatic ring is 1. The number of nitrogens with one attached hydrogen (secondary N) is 2. The first-order valence-corrected chi connectivity index (χ1v) is 10.7. The second-order valence-electron chi connectivity index (χ2n) is 6.84. The number of nitrogens with two attached hydrogens (primary N) is 1. The molecule has 31 heavy (non-hydrogen) atoms. The van der Waals surface area contributed by atoms with E-state index < -0.39 is 0 Å². The van der Waals surface area contributed by atoms with Gasteiger partial charge in [0, 0.05) is 23.4 Å². The average Bonchev–Trinajstić information content (AvgIpc) is 3.40. The van der Waals surface area contributed by atoms with E-state index in [9.17, 15) is 0 Å². The Balaban J connectivity index is 1.72. The van der Waals surface area contributed by atoms with Crippen LogP contribution in [0.1, 0.15) is 5.82 Å². The number of imidazole rings is 1. The molecule has 10 heteroatoms. The number of rotatable bonds is 5. The van der Waals surface area contributed by atoms with Gasteiger partial charge in [-0.25, -0.2) is 9.97 Å². The summed E-state index contributed by atoms with van der Waals surface area (Å²) in [6.07, 6.45) is 5.83. The molecule has 5 rings (SSSR count). The highest BCUT2D eigenvalue weighted by atomic mass is 32.2. The van der Waals surface area contributed by atoms with Crippen molar-refractivity contribution in [1.82, 2.24) is 34.5 Å². The first-order chi connectivity index (χ1) is 15.1. The molecule has 4 N–H and O–H groups in total. The Morgan fingerprint density at radius 2 is 1.94 bits per heavy atom. The monoisotopic (exact) mass is 429 g/mol. The van der Waals surface area contributed by atoms with E-state index in [1.54, 1.807) is 24.9 Å². The molecule has 0 radical (unpaired) electrons. The predicted molar refractivity (Wildman–Crippen MR) is 122 cm³/mol. The van der Waals surface area contributed by atoms with Gasteiger partial charge in [-0.3, -0.25) is 9.50 Å². The van der Waals surface area contributed by atoms with E-state index in [4.69, 9.17) is 10.7 Å². The molecule has 0 fully saturated rings. The van der Waals surface area contributed by atoms with E-state index in [1.807, 2.05) is 22.7 Å². The molecule has 0 saturated carbocycles. The topological polar surface area (TPSA) is 123 Å². The third-order valence-corrected chi connectivity index (χ3v) is 5.47. The summed E-state index contributed by atoms with van der Waals surface area (Å²) in [7, 11) is 0. The van der Waals surface area contributed by atoms with Gasteiger partial charge in [-0.1, -0.05) is 12.1 Å². The van der Waals surface area contributed by atoms with E-state index in [0.29, 0.717) is 29.0 Å². The molecular formula is C21H19N9S. The van der Waals surface area contributed by atoms with Crippen molar-refractivity contribution in [3.63, 3.8) is 0 Å². The highest BCUT2D eigenvalue weighted by Gasteiger charge is 2.19. The SMILES string of the molecule is CSc1cccc(-c2ccc3nc(Nc4cc[nH]n4)c(-c4nc(C)nc(N)n4)n3c2)c1. The van der Waals surface area contributed by atoms with E-state index >= 15 is 0 Å². The number of thioether (sulfide) groups is 1. The van der Waals surface area contributed by atoms with Crippen LogP contribution in [-0.2, 0) is 0 Å². The number of anilines is 3. The number of hydrogen-bond donors (Lipinski definition) is 3. The summed E-state index contributed by atoms with van der Waals surface area (Å²) in [5.41, 5.74) is 9.50. The van der Waals surface area contributed by atoms with Crippen LogP contribution in [0.5, 0.6) is 0 Å². The van der Waals surface area contributed by atoms with E-state index in [1.165, 1.54) is 4.90 Å². The number of fused-ring (bicyclic) bond motifs is 1.